The van der Waals surface area contributed by atoms with Crippen LogP contribution in [0.15, 0.2) is 59.8 Å². The third-order valence-corrected chi connectivity index (χ3v) is 4.67. The van der Waals surface area contributed by atoms with Gasteiger partial charge < -0.3 is 14.8 Å². The second kappa shape index (κ2) is 8.31. The molecule has 0 saturated heterocycles. The van der Waals surface area contributed by atoms with Crippen LogP contribution in [0.4, 0.5) is 9.18 Å². The van der Waals surface area contributed by atoms with Crippen LogP contribution in [-0.2, 0) is 9.53 Å². The van der Waals surface area contributed by atoms with E-state index in [0.717, 1.165) is 11.6 Å². The number of ether oxygens (including phenoxy) is 2. The van der Waals surface area contributed by atoms with Gasteiger partial charge in [0, 0.05) is 7.05 Å². The average molecular weight is 405 g/mol. The Morgan fingerprint density at radius 1 is 1.25 bits per heavy atom. The third-order valence-electron chi connectivity index (χ3n) is 4.37. The van der Waals surface area contributed by atoms with E-state index in [1.54, 1.807) is 12.1 Å². The number of carbonyl (C=O) groups excluding carboxylic acids is 2. The van der Waals surface area contributed by atoms with E-state index in [4.69, 9.17) is 21.1 Å². The Hall–Kier alpha value is -3.06. The van der Waals surface area contributed by atoms with E-state index in [9.17, 15) is 14.0 Å². The van der Waals surface area contributed by atoms with Crippen molar-refractivity contribution in [2.45, 2.75) is 6.04 Å². The molecular weight excluding hydrogens is 387 g/mol. The summed E-state index contributed by atoms with van der Waals surface area (Å²) in [7, 11) is 2.79. The van der Waals surface area contributed by atoms with Crippen LogP contribution in [-0.4, -0.2) is 37.7 Å². The summed E-state index contributed by atoms with van der Waals surface area (Å²) in [5, 5.41) is 2.88. The predicted molar refractivity (Wildman–Crippen MR) is 101 cm³/mol. The van der Waals surface area contributed by atoms with Crippen LogP contribution in [0.2, 0.25) is 5.02 Å². The van der Waals surface area contributed by atoms with E-state index in [0.29, 0.717) is 5.70 Å². The summed E-state index contributed by atoms with van der Waals surface area (Å²) in [5.41, 5.74) is 1.29. The lowest BCUT2D eigenvalue weighted by Crippen LogP contribution is -2.48. The smallest absolute Gasteiger partial charge is 0.338 e. The van der Waals surface area contributed by atoms with Crippen molar-refractivity contribution in [1.82, 2.24) is 10.2 Å². The summed E-state index contributed by atoms with van der Waals surface area (Å²) in [6.45, 7) is -0.136. The molecule has 146 valence electrons. The lowest BCUT2D eigenvalue weighted by atomic mass is 9.95. The van der Waals surface area contributed by atoms with E-state index < -0.39 is 23.9 Å². The van der Waals surface area contributed by atoms with E-state index in [1.165, 1.54) is 31.2 Å². The van der Waals surface area contributed by atoms with E-state index in [1.807, 2.05) is 18.2 Å². The zero-order valence-corrected chi connectivity index (χ0v) is 16.0. The van der Waals surface area contributed by atoms with Crippen LogP contribution in [0.25, 0.3) is 0 Å². The van der Waals surface area contributed by atoms with Gasteiger partial charge in [0.05, 0.1) is 29.4 Å². The number of benzene rings is 2. The number of amides is 2. The first kappa shape index (κ1) is 19.7. The normalized spacial score (nSPS) is 16.6. The monoisotopic (exact) mass is 404 g/mol. The average Bonchev–Trinajstić information content (AvgIpc) is 2.70. The van der Waals surface area contributed by atoms with Crippen LogP contribution in [0.1, 0.15) is 11.6 Å². The van der Waals surface area contributed by atoms with Gasteiger partial charge in [-0.2, -0.15) is 0 Å². The molecule has 0 bridgehead atoms. The van der Waals surface area contributed by atoms with Crippen molar-refractivity contribution in [3.63, 3.8) is 0 Å². The van der Waals surface area contributed by atoms with Crippen molar-refractivity contribution < 1.29 is 23.5 Å². The molecule has 8 heteroatoms. The maximum Gasteiger partial charge on any atom is 0.338 e. The number of urea groups is 1. The molecule has 1 N–H and O–H groups in total. The zero-order chi connectivity index (χ0) is 20.3. The van der Waals surface area contributed by atoms with Crippen molar-refractivity contribution in [3.05, 3.63) is 76.2 Å². The molecule has 1 atom stereocenters. The molecule has 28 heavy (non-hydrogen) atoms. The van der Waals surface area contributed by atoms with Crippen molar-refractivity contribution in [1.29, 1.82) is 0 Å². The number of methoxy groups -OCH3 is 1. The molecule has 0 fully saturated rings. The standard InChI is InChI=1S/C20H18ClFN2O4/c1-24-15(11-28-16-9-8-13(22)10-14(16)21)17(19(25)27-2)18(23-20(24)26)12-6-4-3-5-7-12/h3-10,18H,11H2,1-2H3,(H,23,26). The number of likely N-dealkylation sites (N-methyl/N-ethyl adjacent to an activating group) is 1. The number of carbonyl (C=O) groups is 2. The topological polar surface area (TPSA) is 67.9 Å². The predicted octanol–water partition coefficient (Wildman–Crippen LogP) is 3.68. The fourth-order valence-electron chi connectivity index (χ4n) is 2.92. The first-order valence-corrected chi connectivity index (χ1v) is 8.78. The molecule has 0 aromatic heterocycles. The largest absolute Gasteiger partial charge is 0.486 e. The molecular formula is C20H18ClFN2O4. The Kier molecular flexibility index (Phi) is 5.84. The highest BCUT2D eigenvalue weighted by Gasteiger charge is 2.36. The summed E-state index contributed by atoms with van der Waals surface area (Å²) >= 11 is 6.00. The van der Waals surface area contributed by atoms with Crippen molar-refractivity contribution in [2.24, 2.45) is 0 Å². The number of esters is 1. The van der Waals surface area contributed by atoms with Crippen LogP contribution >= 0.6 is 11.6 Å². The lowest BCUT2D eigenvalue weighted by Gasteiger charge is -2.34. The highest BCUT2D eigenvalue weighted by atomic mass is 35.5. The maximum atomic E-state index is 13.2. The molecule has 3 rings (SSSR count). The number of halogens is 2. The maximum absolute atomic E-state index is 13.2. The van der Waals surface area contributed by atoms with E-state index in [-0.39, 0.29) is 23.0 Å². The number of rotatable bonds is 5. The summed E-state index contributed by atoms with van der Waals surface area (Å²) in [4.78, 5) is 26.3. The second-order valence-electron chi connectivity index (χ2n) is 6.07. The fraction of sp³-hybridized carbons (Fsp3) is 0.200. The Bertz CT molecular complexity index is 933. The van der Waals surface area contributed by atoms with Gasteiger partial charge in [0.1, 0.15) is 18.2 Å². The minimum atomic E-state index is -0.695. The molecule has 0 saturated carbocycles. The van der Waals surface area contributed by atoms with Gasteiger partial charge in [-0.15, -0.1) is 0 Å². The van der Waals surface area contributed by atoms with Crippen LogP contribution in [0.5, 0.6) is 5.75 Å². The summed E-state index contributed by atoms with van der Waals surface area (Å²) in [5.74, 6) is -0.856. The molecule has 2 aromatic carbocycles. The Morgan fingerprint density at radius 3 is 2.61 bits per heavy atom. The minimum absolute atomic E-state index is 0.0859. The highest BCUT2D eigenvalue weighted by Crippen LogP contribution is 2.32. The SMILES string of the molecule is COC(=O)C1=C(COc2ccc(F)cc2Cl)N(C)C(=O)NC1c1ccccc1. The van der Waals surface area contributed by atoms with Crippen LogP contribution in [0.3, 0.4) is 0 Å². The van der Waals surface area contributed by atoms with Gasteiger partial charge in [-0.1, -0.05) is 41.9 Å². The molecule has 1 aliphatic rings. The second-order valence-corrected chi connectivity index (χ2v) is 6.47. The molecule has 6 nitrogen and oxygen atoms in total. The van der Waals surface area contributed by atoms with Gasteiger partial charge in [0.2, 0.25) is 0 Å². The van der Waals surface area contributed by atoms with Gasteiger partial charge in [0.15, 0.2) is 0 Å². The Morgan fingerprint density at radius 2 is 1.96 bits per heavy atom. The van der Waals surface area contributed by atoms with E-state index in [2.05, 4.69) is 5.32 Å². The third kappa shape index (κ3) is 3.94. The minimum Gasteiger partial charge on any atom is -0.486 e. The van der Waals surface area contributed by atoms with Crippen LogP contribution < -0.4 is 10.1 Å². The molecule has 2 aromatic rings. The van der Waals surface area contributed by atoms with Gasteiger partial charge in [-0.05, 0) is 23.8 Å². The number of hydrogen-bond acceptors (Lipinski definition) is 4. The number of nitrogens with zero attached hydrogens (tertiary/aromatic N) is 1. The fourth-order valence-corrected chi connectivity index (χ4v) is 3.14. The highest BCUT2D eigenvalue weighted by molar-refractivity contribution is 6.32. The van der Waals surface area contributed by atoms with Gasteiger partial charge in [-0.3, -0.25) is 4.90 Å². The molecule has 1 unspecified atom stereocenters. The van der Waals surface area contributed by atoms with Gasteiger partial charge >= 0.3 is 12.0 Å². The van der Waals surface area contributed by atoms with Gasteiger partial charge in [0.25, 0.3) is 0 Å². The summed E-state index contributed by atoms with van der Waals surface area (Å²) in [6, 6.07) is 11.7. The van der Waals surface area contributed by atoms with Crippen LogP contribution in [0, 0.1) is 5.82 Å². The Labute approximate surface area is 166 Å². The molecule has 0 radical (unpaired) electrons. The first-order valence-electron chi connectivity index (χ1n) is 8.40. The Balaban J connectivity index is 2.01. The van der Waals surface area contributed by atoms with Crippen molar-refractivity contribution in [2.75, 3.05) is 20.8 Å². The molecule has 1 aliphatic heterocycles. The summed E-state index contributed by atoms with van der Waals surface area (Å²) < 4.78 is 23.9. The molecule has 2 amide bonds. The zero-order valence-electron chi connectivity index (χ0n) is 15.2. The van der Waals surface area contributed by atoms with E-state index >= 15 is 0 Å². The quantitative estimate of drug-likeness (QED) is 0.772. The molecule has 0 aliphatic carbocycles. The number of hydrogen-bond donors (Lipinski definition) is 1. The number of nitrogens with one attached hydrogen (secondary N) is 1. The molecule has 0 spiro atoms. The van der Waals surface area contributed by atoms with Crippen molar-refractivity contribution in [3.8, 4) is 5.75 Å². The summed E-state index contributed by atoms with van der Waals surface area (Å²) in [6.07, 6.45) is 0. The lowest BCUT2D eigenvalue weighted by molar-refractivity contribution is -0.136. The van der Waals surface area contributed by atoms with Gasteiger partial charge in [-0.25, -0.2) is 14.0 Å². The molecule has 1 heterocycles. The first-order chi connectivity index (χ1) is 13.4. The van der Waals surface area contributed by atoms with Crippen molar-refractivity contribution >= 4 is 23.6 Å².